The van der Waals surface area contributed by atoms with E-state index in [0.717, 1.165) is 48.2 Å². The Balaban J connectivity index is 1.45. The van der Waals surface area contributed by atoms with Gasteiger partial charge in [0.1, 0.15) is 11.6 Å². The minimum Gasteiger partial charge on any atom is -0.493 e. The van der Waals surface area contributed by atoms with Gasteiger partial charge in [-0.05, 0) is 49.9 Å². The lowest BCUT2D eigenvalue weighted by Crippen LogP contribution is -2.39. The highest BCUT2D eigenvalue weighted by Gasteiger charge is 2.51. The Hall–Kier alpha value is -3.78. The number of aromatic amines is 1. The van der Waals surface area contributed by atoms with E-state index >= 15 is 0 Å². The van der Waals surface area contributed by atoms with E-state index < -0.39 is 0 Å². The van der Waals surface area contributed by atoms with E-state index in [1.54, 1.807) is 19.4 Å². The Morgan fingerprint density at radius 1 is 1.17 bits per heavy atom. The van der Waals surface area contributed by atoms with E-state index in [9.17, 15) is 4.79 Å². The monoisotopic (exact) mass is 501 g/mol. The van der Waals surface area contributed by atoms with Crippen molar-refractivity contribution in [3.8, 4) is 22.9 Å². The first-order valence-electron chi connectivity index (χ1n) is 12.1. The summed E-state index contributed by atoms with van der Waals surface area (Å²) in [5.41, 5.74) is 5.91. The lowest BCUT2D eigenvalue weighted by atomic mass is 9.93. The van der Waals surface area contributed by atoms with Crippen molar-refractivity contribution >= 4 is 39.9 Å². The van der Waals surface area contributed by atoms with E-state index in [4.69, 9.17) is 26.1 Å². The van der Waals surface area contributed by atoms with E-state index in [0.29, 0.717) is 45.7 Å². The second-order valence-electron chi connectivity index (χ2n) is 9.73. The molecular weight excluding hydrogens is 478 g/mol. The van der Waals surface area contributed by atoms with E-state index in [2.05, 4.69) is 20.6 Å². The van der Waals surface area contributed by atoms with Crippen molar-refractivity contribution in [3.63, 3.8) is 0 Å². The zero-order valence-corrected chi connectivity index (χ0v) is 20.4. The molecule has 4 aromatic rings. The molecule has 8 nitrogen and oxygen atoms in total. The van der Waals surface area contributed by atoms with Gasteiger partial charge in [0, 0.05) is 35.5 Å². The first-order chi connectivity index (χ1) is 17.6. The first kappa shape index (κ1) is 21.5. The average Bonchev–Trinajstić information content (AvgIpc) is 3.81. The van der Waals surface area contributed by atoms with Gasteiger partial charge in [0.25, 0.3) is 5.91 Å². The van der Waals surface area contributed by atoms with E-state index in [1.807, 2.05) is 30.3 Å². The van der Waals surface area contributed by atoms with Crippen LogP contribution < -0.4 is 20.1 Å². The van der Waals surface area contributed by atoms with Gasteiger partial charge in [-0.15, -0.1) is 0 Å². The number of fused-ring (bicyclic) bond motifs is 3. The number of nitrogens with one attached hydrogen (secondary N) is 3. The normalized spacial score (nSPS) is 17.6. The molecule has 1 amide bonds. The number of nitrogens with zero attached hydrogens (tertiary/aromatic N) is 2. The van der Waals surface area contributed by atoms with Crippen LogP contribution in [0.15, 0.2) is 42.6 Å². The predicted octanol–water partition coefficient (Wildman–Crippen LogP) is 5.35. The van der Waals surface area contributed by atoms with Crippen molar-refractivity contribution < 1.29 is 14.3 Å². The summed E-state index contributed by atoms with van der Waals surface area (Å²) in [6, 6.07) is 11.2. The minimum atomic E-state index is -0.113. The smallest absolute Gasteiger partial charge is 0.255 e. The molecule has 9 heteroatoms. The van der Waals surface area contributed by atoms with Gasteiger partial charge in [-0.1, -0.05) is 17.7 Å². The van der Waals surface area contributed by atoms with Crippen LogP contribution >= 0.6 is 11.6 Å². The molecule has 0 unspecified atom stereocenters. The van der Waals surface area contributed by atoms with Crippen molar-refractivity contribution in [2.75, 3.05) is 19.0 Å². The van der Waals surface area contributed by atoms with Gasteiger partial charge < -0.3 is 25.1 Å². The molecule has 0 radical (unpaired) electrons. The van der Waals surface area contributed by atoms with Crippen molar-refractivity contribution in [1.82, 2.24) is 20.3 Å². The number of aromatic nitrogens is 3. The molecule has 1 aromatic carbocycles. The summed E-state index contributed by atoms with van der Waals surface area (Å²) in [7, 11) is 1.58. The zero-order chi connectivity index (χ0) is 24.4. The number of carbonyl (C=O) groups excluding carboxylic acids is 1. The molecule has 7 rings (SSSR count). The number of halogens is 1. The predicted molar refractivity (Wildman–Crippen MR) is 138 cm³/mol. The van der Waals surface area contributed by atoms with Crippen LogP contribution in [0.3, 0.4) is 0 Å². The topological polar surface area (TPSA) is 101 Å². The van der Waals surface area contributed by atoms with Crippen LogP contribution in [0.5, 0.6) is 11.6 Å². The third kappa shape index (κ3) is 3.39. The molecule has 2 fully saturated rings. The fraction of sp³-hybridized carbons (Fsp3) is 0.296. The van der Waals surface area contributed by atoms with Crippen LogP contribution in [0, 0.1) is 0 Å². The van der Waals surface area contributed by atoms with Crippen LogP contribution in [0.25, 0.3) is 22.3 Å². The zero-order valence-electron chi connectivity index (χ0n) is 19.7. The van der Waals surface area contributed by atoms with Crippen LogP contribution in [-0.4, -0.2) is 40.6 Å². The van der Waals surface area contributed by atoms with Crippen molar-refractivity contribution in [1.29, 1.82) is 0 Å². The number of carbonyl (C=O) groups is 1. The summed E-state index contributed by atoms with van der Waals surface area (Å²) in [4.78, 5) is 26.2. The van der Waals surface area contributed by atoms with Crippen molar-refractivity contribution in [2.45, 2.75) is 37.2 Å². The number of H-pyrrole nitrogens is 1. The summed E-state index contributed by atoms with van der Waals surface area (Å²) >= 11 is 6.41. The van der Waals surface area contributed by atoms with Crippen molar-refractivity contribution in [2.24, 2.45) is 0 Å². The third-order valence-electron chi connectivity index (χ3n) is 7.27. The highest BCUT2D eigenvalue weighted by Crippen LogP contribution is 2.54. The summed E-state index contributed by atoms with van der Waals surface area (Å²) in [5, 5.41) is 7.05. The lowest BCUT2D eigenvalue weighted by Gasteiger charge is -2.23. The molecule has 36 heavy (non-hydrogen) atoms. The van der Waals surface area contributed by atoms with Crippen molar-refractivity contribution in [3.05, 3.63) is 58.9 Å². The fourth-order valence-corrected chi connectivity index (χ4v) is 5.29. The van der Waals surface area contributed by atoms with E-state index in [-0.39, 0.29) is 17.4 Å². The maximum atomic E-state index is 13.2. The SMILES string of the molecule is COc1c(Cl)cccc1Nc1c(-c2ccnc3ccc(OC4CC4)nc23)[nH]c2c1C(=O)NCC21CC1. The molecule has 3 aromatic heterocycles. The first-order valence-corrected chi connectivity index (χ1v) is 12.5. The molecule has 3 aliphatic rings. The number of anilines is 2. The standard InChI is InChI=1S/C27H24ClN5O3/c1-35-24-16(28)3-2-4-18(24)31-23-20-25(27(10-11-27)13-30-26(20)34)33-22(23)15-9-12-29-17-7-8-19(32-21(15)17)36-14-5-6-14/h2-4,7-9,12,14,31,33H,5-6,10-11,13H2,1H3,(H,30,34). The van der Waals surface area contributed by atoms with Crippen LogP contribution in [0.2, 0.25) is 5.02 Å². The van der Waals surface area contributed by atoms with Gasteiger partial charge >= 0.3 is 0 Å². The number of amides is 1. The van der Waals surface area contributed by atoms with E-state index in [1.165, 1.54) is 0 Å². The molecule has 0 atom stereocenters. The summed E-state index contributed by atoms with van der Waals surface area (Å²) in [5.74, 6) is 0.978. The number of benzene rings is 1. The number of ether oxygens (including phenoxy) is 2. The highest BCUT2D eigenvalue weighted by atomic mass is 35.5. The minimum absolute atomic E-state index is 0.0626. The lowest BCUT2D eigenvalue weighted by molar-refractivity contribution is 0.0938. The second-order valence-corrected chi connectivity index (χ2v) is 10.1. The molecule has 1 spiro atoms. The van der Waals surface area contributed by atoms with Gasteiger partial charge in [0.15, 0.2) is 5.75 Å². The van der Waals surface area contributed by atoms with Crippen LogP contribution in [-0.2, 0) is 5.41 Å². The van der Waals surface area contributed by atoms with Gasteiger partial charge in [-0.3, -0.25) is 9.78 Å². The average molecular weight is 502 g/mol. The maximum Gasteiger partial charge on any atom is 0.255 e. The summed E-state index contributed by atoms with van der Waals surface area (Å²) in [6.45, 7) is 0.632. The molecule has 3 N–H and O–H groups in total. The maximum absolute atomic E-state index is 13.2. The molecule has 182 valence electrons. The van der Waals surface area contributed by atoms with Gasteiger partial charge in [0.2, 0.25) is 5.88 Å². The number of hydrogen-bond donors (Lipinski definition) is 3. The fourth-order valence-electron chi connectivity index (χ4n) is 5.04. The largest absolute Gasteiger partial charge is 0.493 e. The third-order valence-corrected chi connectivity index (χ3v) is 7.57. The number of pyridine rings is 2. The second kappa shape index (κ2) is 7.86. The van der Waals surface area contributed by atoms with Gasteiger partial charge in [0.05, 0.1) is 40.3 Å². The number of rotatable bonds is 6. The van der Waals surface area contributed by atoms with Gasteiger partial charge in [-0.2, -0.15) is 0 Å². The number of para-hydroxylation sites is 1. The summed E-state index contributed by atoms with van der Waals surface area (Å²) in [6.07, 6.45) is 6.14. The molecule has 2 aliphatic carbocycles. The molecule has 4 heterocycles. The quantitative estimate of drug-likeness (QED) is 0.329. The Bertz CT molecular complexity index is 1540. The molecule has 1 aliphatic heterocycles. The highest BCUT2D eigenvalue weighted by molar-refractivity contribution is 6.32. The number of methoxy groups -OCH3 is 1. The Morgan fingerprint density at radius 2 is 2.03 bits per heavy atom. The van der Waals surface area contributed by atoms with Crippen LogP contribution in [0.1, 0.15) is 41.7 Å². The van der Waals surface area contributed by atoms with Gasteiger partial charge in [-0.25, -0.2) is 4.98 Å². The van der Waals surface area contributed by atoms with Crippen LogP contribution in [0.4, 0.5) is 11.4 Å². The molecule has 2 saturated carbocycles. The number of hydrogen-bond acceptors (Lipinski definition) is 6. The molecular formula is C27H24ClN5O3. The molecule has 0 saturated heterocycles. The summed E-state index contributed by atoms with van der Waals surface area (Å²) < 4.78 is 11.6. The molecule has 0 bridgehead atoms. The Morgan fingerprint density at radius 3 is 2.81 bits per heavy atom. The Kier molecular flexibility index (Phi) is 4.70. The Labute approximate surface area is 212 Å².